The summed E-state index contributed by atoms with van der Waals surface area (Å²) in [7, 11) is 1.96. The van der Waals surface area contributed by atoms with Crippen molar-refractivity contribution in [1.29, 1.82) is 0 Å². The van der Waals surface area contributed by atoms with Crippen LogP contribution in [0.25, 0.3) is 33.4 Å². The Kier molecular flexibility index (Phi) is 21.1. The van der Waals surface area contributed by atoms with E-state index in [1.165, 1.54) is 207 Å². The molecule has 4 N–H and O–H groups in total. The van der Waals surface area contributed by atoms with Gasteiger partial charge in [0.25, 0.3) is 0 Å². The number of hydrogen-bond donors (Lipinski definition) is 4. The molecule has 1 aliphatic heterocycles. The Morgan fingerprint density at radius 3 is 1.64 bits per heavy atom. The predicted octanol–water partition coefficient (Wildman–Crippen LogP) is 22.0. The van der Waals surface area contributed by atoms with Gasteiger partial charge in [-0.15, -0.1) is 0 Å². The summed E-state index contributed by atoms with van der Waals surface area (Å²) in [6, 6.07) is 29.6. The topological polar surface area (TPSA) is 48.1 Å². The Hall–Kier alpha value is -5.84. The fraction of sp³-hybridized carbons (Fsp3) is 0.529. The van der Waals surface area contributed by atoms with Gasteiger partial charge in [0.1, 0.15) is 0 Å². The number of rotatable bonds is 25. The Morgan fingerprint density at radius 2 is 1.21 bits per heavy atom. The monoisotopic (exact) mass is 1190 g/mol. The summed E-state index contributed by atoms with van der Waals surface area (Å²) in [5.74, 6) is 2.74. The lowest BCUT2D eigenvalue weighted by molar-refractivity contribution is 0.0854. The molecule has 4 unspecified atom stereocenters. The standard InChI is InChI=1S/C43H60N2.C42H56N2/c1-10-43(8,28-42(7)22-13-23-42)32(6)45-37-21-18-33(25-37)24-35-19-20-36(40(27-44-9)31(5)29(2)3)26-39(35)38-17-11-14-30(4)41(38)34-15-12-16-34;1-7-13-37(32(8-2)9-3)35-20-19-34(39(26-35)38-17-10-14-29(4)40(38)33-15-11-16-33)24-31-18-21-36(25-31)44-30(5)41(6)27-42(43-28-41)22-12-23-42/h11,14,17,19-20,26-27,33-34,37,44-45H,2,5-6,10,12-13,15-16,18,21-25,28H2,1,3-4,7-9H3;8-10,13-14,17,19-20,26,31,33,36,43-44H,2,5,7,11-12,15-16,18,21-25,27-28H2,1,3-4,6H3/b40-27+;32-9-,37-13+/t33?,37-,43?;31?,36-,41?/m11/s1. The fourth-order valence-electron chi connectivity index (χ4n) is 17.4. The van der Waals surface area contributed by atoms with E-state index >= 15 is 0 Å². The molecule has 0 aromatic heterocycles. The van der Waals surface area contributed by atoms with Crippen molar-refractivity contribution in [1.82, 2.24) is 21.3 Å². The van der Waals surface area contributed by atoms with E-state index in [-0.39, 0.29) is 10.8 Å². The van der Waals surface area contributed by atoms with Gasteiger partial charge in [-0.3, -0.25) is 0 Å². The largest absolute Gasteiger partial charge is 0.393 e. The third-order valence-electron chi connectivity index (χ3n) is 23.8. The zero-order valence-electron chi connectivity index (χ0n) is 57.4. The summed E-state index contributed by atoms with van der Waals surface area (Å²) in [5.41, 5.74) is 26.8. The van der Waals surface area contributed by atoms with Crippen molar-refractivity contribution in [2.75, 3.05) is 13.6 Å². The van der Waals surface area contributed by atoms with E-state index in [2.05, 4.69) is 201 Å². The highest BCUT2D eigenvalue weighted by atomic mass is 15.1. The molecule has 1 saturated heterocycles. The van der Waals surface area contributed by atoms with Crippen LogP contribution in [-0.2, 0) is 12.8 Å². The van der Waals surface area contributed by atoms with Crippen LogP contribution < -0.4 is 21.3 Å². The van der Waals surface area contributed by atoms with E-state index in [0.717, 1.165) is 48.9 Å². The Bertz CT molecular complexity index is 3340. The molecule has 6 aliphatic carbocycles. The highest BCUT2D eigenvalue weighted by molar-refractivity contribution is 5.87. The zero-order valence-corrected chi connectivity index (χ0v) is 57.4. The van der Waals surface area contributed by atoms with Crippen molar-refractivity contribution in [3.05, 3.63) is 203 Å². The number of allylic oxidation sites excluding steroid dienone is 9. The van der Waals surface area contributed by atoms with E-state index in [4.69, 9.17) is 0 Å². The van der Waals surface area contributed by atoms with Crippen molar-refractivity contribution in [2.45, 2.75) is 246 Å². The molecule has 11 rings (SSSR count). The second-order valence-corrected chi connectivity index (χ2v) is 30.5. The van der Waals surface area contributed by atoms with Gasteiger partial charge in [0.2, 0.25) is 0 Å². The Morgan fingerprint density at radius 1 is 0.674 bits per heavy atom. The molecule has 476 valence electrons. The minimum atomic E-state index is 0.172. The Labute approximate surface area is 542 Å². The summed E-state index contributed by atoms with van der Waals surface area (Å²) in [6.07, 6.45) is 39.2. The van der Waals surface area contributed by atoms with Crippen LogP contribution in [0.5, 0.6) is 0 Å². The molecule has 6 atom stereocenters. The quantitative estimate of drug-likeness (QED) is 0.0500. The first kappa shape index (κ1) is 66.1. The molecular weight excluding hydrogens is 1080 g/mol. The van der Waals surface area contributed by atoms with Crippen molar-refractivity contribution >= 4 is 11.1 Å². The van der Waals surface area contributed by atoms with E-state index in [1.54, 1.807) is 11.1 Å². The molecule has 4 heteroatoms. The molecule has 7 fully saturated rings. The molecule has 7 aliphatic rings. The molecule has 4 nitrogen and oxygen atoms in total. The van der Waals surface area contributed by atoms with Gasteiger partial charge in [0.15, 0.2) is 0 Å². The highest BCUT2D eigenvalue weighted by Crippen LogP contribution is 2.53. The van der Waals surface area contributed by atoms with Gasteiger partial charge in [-0.2, -0.15) is 0 Å². The first-order valence-corrected chi connectivity index (χ1v) is 35.6. The van der Waals surface area contributed by atoms with Crippen molar-refractivity contribution in [3.63, 3.8) is 0 Å². The smallest absolute Gasteiger partial charge is 0.0261 e. The molecule has 0 bridgehead atoms. The predicted molar refractivity (Wildman–Crippen MR) is 386 cm³/mol. The zero-order chi connectivity index (χ0) is 63.3. The lowest BCUT2D eigenvalue weighted by Gasteiger charge is -2.46. The SMILES string of the molecule is C=C(C)C(=C)/C(=C\NC)c1ccc(CC2CC[C@@H](NC(=C)C(C)(CC)CC3(C)CCC3)C2)c(-c2cccc(C)c2C2CCC2)c1.C=CC(=C/C)/C(=C\CC)c1ccc(CC2CC[C@@H](NC(=C)C3(C)CNC4(CCC4)C3)C2)c(-c2cccc(C)c2C2CCC2)c1. The molecule has 1 heterocycles. The molecule has 89 heavy (non-hydrogen) atoms. The Balaban J connectivity index is 0.000000196. The second-order valence-electron chi connectivity index (χ2n) is 30.5. The van der Waals surface area contributed by atoms with Crippen LogP contribution in [0.2, 0.25) is 0 Å². The summed E-state index contributed by atoms with van der Waals surface area (Å²) in [5, 5.41) is 15.1. The lowest BCUT2D eigenvalue weighted by Crippen LogP contribution is -2.45. The maximum absolute atomic E-state index is 4.65. The number of benzene rings is 4. The minimum absolute atomic E-state index is 0.172. The van der Waals surface area contributed by atoms with Crippen molar-refractivity contribution < 1.29 is 0 Å². The van der Waals surface area contributed by atoms with Crippen LogP contribution in [0.1, 0.15) is 246 Å². The molecule has 1 spiro atoms. The van der Waals surface area contributed by atoms with E-state index in [0.29, 0.717) is 46.7 Å². The van der Waals surface area contributed by atoms with Crippen LogP contribution in [0, 0.1) is 41.9 Å². The van der Waals surface area contributed by atoms with Crippen LogP contribution in [0.3, 0.4) is 0 Å². The fourth-order valence-corrected chi connectivity index (χ4v) is 17.4. The number of nitrogens with one attached hydrogen (secondary N) is 4. The number of aryl methyl sites for hydroxylation is 2. The maximum atomic E-state index is 4.65. The molecule has 0 radical (unpaired) electrons. The third kappa shape index (κ3) is 14.6. The summed E-state index contributed by atoms with van der Waals surface area (Å²) in [4.78, 5) is 0. The average molecular weight is 1190 g/mol. The normalized spacial score (nSPS) is 24.7. The van der Waals surface area contributed by atoms with Gasteiger partial charge < -0.3 is 21.3 Å². The van der Waals surface area contributed by atoms with Gasteiger partial charge in [-0.05, 0) is 287 Å². The van der Waals surface area contributed by atoms with Crippen molar-refractivity contribution in [2.24, 2.45) is 28.1 Å². The summed E-state index contributed by atoms with van der Waals surface area (Å²) >= 11 is 0. The first-order chi connectivity index (χ1) is 42.7. The van der Waals surface area contributed by atoms with Crippen LogP contribution in [0.4, 0.5) is 0 Å². The van der Waals surface area contributed by atoms with Crippen LogP contribution in [0.15, 0.2) is 158 Å². The van der Waals surface area contributed by atoms with Crippen molar-refractivity contribution in [3.8, 4) is 22.3 Å². The van der Waals surface area contributed by atoms with E-state index in [9.17, 15) is 0 Å². The maximum Gasteiger partial charge on any atom is 0.0261 e. The van der Waals surface area contributed by atoms with E-state index < -0.39 is 0 Å². The van der Waals surface area contributed by atoms with Crippen LogP contribution >= 0.6 is 0 Å². The third-order valence-corrected chi connectivity index (χ3v) is 23.8. The number of hydrogen-bond acceptors (Lipinski definition) is 4. The van der Waals surface area contributed by atoms with Gasteiger partial charge in [-0.1, -0.05) is 171 Å². The molecule has 0 amide bonds. The second kappa shape index (κ2) is 28.4. The average Bonchev–Trinajstić information content (AvgIpc) is 1.80. The molecule has 4 aromatic rings. The van der Waals surface area contributed by atoms with Gasteiger partial charge in [0.05, 0.1) is 0 Å². The minimum Gasteiger partial charge on any atom is -0.393 e. The molecule has 4 aromatic carbocycles. The first-order valence-electron chi connectivity index (χ1n) is 35.6. The van der Waals surface area contributed by atoms with Gasteiger partial charge in [-0.25, -0.2) is 0 Å². The highest BCUT2D eigenvalue weighted by Gasteiger charge is 2.50. The summed E-state index contributed by atoms with van der Waals surface area (Å²) in [6.45, 7) is 43.8. The molecule has 6 saturated carbocycles. The van der Waals surface area contributed by atoms with Gasteiger partial charge in [0, 0.05) is 65.2 Å². The summed E-state index contributed by atoms with van der Waals surface area (Å²) < 4.78 is 0. The van der Waals surface area contributed by atoms with Crippen LogP contribution in [-0.4, -0.2) is 31.2 Å². The van der Waals surface area contributed by atoms with E-state index in [1.807, 2.05) is 20.0 Å². The molecular formula is C85H116N4. The van der Waals surface area contributed by atoms with Gasteiger partial charge >= 0.3 is 0 Å². The lowest BCUT2D eigenvalue weighted by atomic mass is 9.60.